The SMILES string of the molecule is OCc1ncc(CCl)c(I)c1OC(F)(F)F. The summed E-state index contributed by atoms with van der Waals surface area (Å²) in [5.74, 6) is -0.473. The van der Waals surface area contributed by atoms with E-state index in [9.17, 15) is 13.2 Å². The molecule has 1 aromatic rings. The molecular formula is C8H6ClF3INO2. The zero-order chi connectivity index (χ0) is 12.3. The second kappa shape index (κ2) is 5.37. The summed E-state index contributed by atoms with van der Waals surface area (Å²) in [5, 5.41) is 8.86. The molecule has 0 bridgehead atoms. The van der Waals surface area contributed by atoms with E-state index in [1.54, 1.807) is 22.6 Å². The number of halogens is 5. The molecular weight excluding hydrogens is 361 g/mol. The predicted molar refractivity (Wildman–Crippen MR) is 59.1 cm³/mol. The fraction of sp³-hybridized carbons (Fsp3) is 0.375. The van der Waals surface area contributed by atoms with E-state index in [4.69, 9.17) is 16.7 Å². The van der Waals surface area contributed by atoms with Gasteiger partial charge in [0.15, 0.2) is 5.75 Å². The maximum absolute atomic E-state index is 12.1. The van der Waals surface area contributed by atoms with Gasteiger partial charge in [-0.3, -0.25) is 4.98 Å². The first kappa shape index (κ1) is 13.8. The van der Waals surface area contributed by atoms with Crippen molar-refractivity contribution in [3.05, 3.63) is 21.0 Å². The minimum Gasteiger partial charge on any atom is -0.403 e. The molecule has 0 amide bonds. The second-order valence-corrected chi connectivity index (χ2v) is 4.06. The van der Waals surface area contributed by atoms with Gasteiger partial charge in [-0.15, -0.1) is 24.8 Å². The van der Waals surface area contributed by atoms with Crippen molar-refractivity contribution in [2.45, 2.75) is 18.8 Å². The average Bonchev–Trinajstić information content (AvgIpc) is 2.19. The van der Waals surface area contributed by atoms with Gasteiger partial charge in [-0.1, -0.05) is 0 Å². The van der Waals surface area contributed by atoms with Crippen molar-refractivity contribution in [2.24, 2.45) is 0 Å². The highest BCUT2D eigenvalue weighted by atomic mass is 127. The maximum Gasteiger partial charge on any atom is 0.573 e. The molecule has 1 aromatic heterocycles. The molecule has 3 nitrogen and oxygen atoms in total. The van der Waals surface area contributed by atoms with Crippen LogP contribution in [0.4, 0.5) is 13.2 Å². The van der Waals surface area contributed by atoms with Crippen LogP contribution in [0.25, 0.3) is 0 Å². The highest BCUT2D eigenvalue weighted by molar-refractivity contribution is 14.1. The summed E-state index contributed by atoms with van der Waals surface area (Å²) in [5.41, 5.74) is 0.245. The Balaban J connectivity index is 3.21. The highest BCUT2D eigenvalue weighted by Gasteiger charge is 2.33. The smallest absolute Gasteiger partial charge is 0.403 e. The van der Waals surface area contributed by atoms with Crippen LogP contribution in [-0.2, 0) is 12.5 Å². The van der Waals surface area contributed by atoms with Gasteiger partial charge < -0.3 is 9.84 Å². The Labute approximate surface area is 108 Å². The van der Waals surface area contributed by atoms with E-state index in [0.29, 0.717) is 5.56 Å². The molecule has 0 unspecified atom stereocenters. The van der Waals surface area contributed by atoms with Crippen molar-refractivity contribution >= 4 is 34.2 Å². The van der Waals surface area contributed by atoms with Crippen molar-refractivity contribution < 1.29 is 23.0 Å². The lowest BCUT2D eigenvalue weighted by Crippen LogP contribution is -2.20. The largest absolute Gasteiger partial charge is 0.573 e. The van der Waals surface area contributed by atoms with Crippen LogP contribution in [0.1, 0.15) is 11.3 Å². The summed E-state index contributed by atoms with van der Waals surface area (Å²) in [4.78, 5) is 3.65. The summed E-state index contributed by atoms with van der Waals surface area (Å²) in [6.07, 6.45) is -3.51. The van der Waals surface area contributed by atoms with Crippen LogP contribution in [0.5, 0.6) is 5.75 Å². The topological polar surface area (TPSA) is 42.4 Å². The molecule has 0 atom stereocenters. The molecule has 1 rings (SSSR count). The van der Waals surface area contributed by atoms with Crippen molar-refractivity contribution in [3.8, 4) is 5.75 Å². The number of pyridine rings is 1. The summed E-state index contributed by atoms with van der Waals surface area (Å²) < 4.78 is 40.3. The monoisotopic (exact) mass is 367 g/mol. The Hall–Kier alpha value is -0.280. The minimum atomic E-state index is -4.82. The molecule has 0 aromatic carbocycles. The van der Waals surface area contributed by atoms with Crippen LogP contribution in [0.2, 0.25) is 0 Å². The Kier molecular flexibility index (Phi) is 4.62. The second-order valence-electron chi connectivity index (χ2n) is 2.71. The van der Waals surface area contributed by atoms with E-state index in [0.717, 1.165) is 0 Å². The van der Waals surface area contributed by atoms with Crippen LogP contribution in [-0.4, -0.2) is 16.5 Å². The van der Waals surface area contributed by atoms with Gasteiger partial charge in [-0.2, -0.15) is 0 Å². The lowest BCUT2D eigenvalue weighted by atomic mass is 10.2. The molecule has 1 heterocycles. The third kappa shape index (κ3) is 3.36. The zero-order valence-electron chi connectivity index (χ0n) is 7.68. The standard InChI is InChI=1S/C8H6ClF3INO2/c9-1-4-2-14-5(3-15)7(6(4)13)16-8(10,11)12/h2,15H,1,3H2. The van der Waals surface area contributed by atoms with E-state index in [1.165, 1.54) is 6.20 Å². The van der Waals surface area contributed by atoms with Crippen LogP contribution in [0.3, 0.4) is 0 Å². The summed E-state index contributed by atoms with van der Waals surface area (Å²) >= 11 is 7.20. The van der Waals surface area contributed by atoms with Gasteiger partial charge in [-0.25, -0.2) is 0 Å². The number of hydrogen-bond acceptors (Lipinski definition) is 3. The van der Waals surface area contributed by atoms with E-state index < -0.39 is 18.7 Å². The van der Waals surface area contributed by atoms with Crippen molar-refractivity contribution in [2.75, 3.05) is 0 Å². The fourth-order valence-electron chi connectivity index (χ4n) is 0.969. The molecule has 0 spiro atoms. The third-order valence-corrected chi connectivity index (χ3v) is 3.10. The van der Waals surface area contributed by atoms with Crippen LogP contribution in [0, 0.1) is 3.57 Å². The average molecular weight is 367 g/mol. The molecule has 1 N–H and O–H groups in total. The molecule has 16 heavy (non-hydrogen) atoms. The Morgan fingerprint density at radius 3 is 2.56 bits per heavy atom. The minimum absolute atomic E-state index is 0.0190. The van der Waals surface area contributed by atoms with Gasteiger partial charge in [-0.05, 0) is 22.6 Å². The highest BCUT2D eigenvalue weighted by Crippen LogP contribution is 2.32. The molecule has 0 fully saturated rings. The number of nitrogens with zero attached hydrogens (tertiary/aromatic N) is 1. The molecule has 0 aliphatic rings. The first-order valence-electron chi connectivity index (χ1n) is 3.98. The Morgan fingerprint density at radius 2 is 2.12 bits per heavy atom. The van der Waals surface area contributed by atoms with Gasteiger partial charge in [0.25, 0.3) is 0 Å². The van der Waals surface area contributed by atoms with Crippen molar-refractivity contribution in [3.63, 3.8) is 0 Å². The first-order chi connectivity index (χ1) is 7.39. The number of ether oxygens (including phenoxy) is 1. The third-order valence-electron chi connectivity index (χ3n) is 1.63. The van der Waals surface area contributed by atoms with Gasteiger partial charge in [0, 0.05) is 11.8 Å². The number of aliphatic hydroxyl groups excluding tert-OH is 1. The summed E-state index contributed by atoms with van der Waals surface area (Å²) in [7, 11) is 0. The van der Waals surface area contributed by atoms with Crippen LogP contribution in [0.15, 0.2) is 6.20 Å². The lowest BCUT2D eigenvalue weighted by molar-refractivity contribution is -0.275. The van der Waals surface area contributed by atoms with Gasteiger partial charge >= 0.3 is 6.36 Å². The molecule has 0 radical (unpaired) electrons. The van der Waals surface area contributed by atoms with Gasteiger partial charge in [0.05, 0.1) is 16.1 Å². The molecule has 0 aliphatic carbocycles. The number of rotatable bonds is 3. The molecule has 0 saturated carbocycles. The number of hydrogen-bond donors (Lipinski definition) is 1. The quantitative estimate of drug-likeness (QED) is 0.660. The molecule has 8 heteroatoms. The predicted octanol–water partition coefficient (Wildman–Crippen LogP) is 2.82. The molecule has 0 saturated heterocycles. The van der Waals surface area contributed by atoms with E-state index in [2.05, 4.69) is 9.72 Å². The number of alkyl halides is 4. The Bertz CT molecular complexity index is 386. The maximum atomic E-state index is 12.1. The van der Waals surface area contributed by atoms with Crippen molar-refractivity contribution in [1.82, 2.24) is 4.98 Å². The molecule has 90 valence electrons. The summed E-state index contributed by atoms with van der Waals surface area (Å²) in [6.45, 7) is -0.635. The van der Waals surface area contributed by atoms with E-state index >= 15 is 0 Å². The zero-order valence-corrected chi connectivity index (χ0v) is 10.6. The normalized spacial score (nSPS) is 11.6. The van der Waals surface area contributed by atoms with Crippen molar-refractivity contribution in [1.29, 1.82) is 0 Å². The van der Waals surface area contributed by atoms with Crippen LogP contribution < -0.4 is 4.74 Å². The van der Waals surface area contributed by atoms with Gasteiger partial charge in [0.1, 0.15) is 5.69 Å². The van der Waals surface area contributed by atoms with Gasteiger partial charge in [0.2, 0.25) is 0 Å². The molecule has 0 aliphatic heterocycles. The lowest BCUT2D eigenvalue weighted by Gasteiger charge is -2.14. The first-order valence-corrected chi connectivity index (χ1v) is 5.59. The number of aromatic nitrogens is 1. The number of aliphatic hydroxyl groups is 1. The van der Waals surface area contributed by atoms with Crippen LogP contribution >= 0.6 is 34.2 Å². The van der Waals surface area contributed by atoms with E-state index in [1.807, 2.05) is 0 Å². The fourth-order valence-corrected chi connectivity index (χ4v) is 2.15. The Morgan fingerprint density at radius 1 is 1.50 bits per heavy atom. The summed E-state index contributed by atoms with van der Waals surface area (Å²) in [6, 6.07) is 0. The van der Waals surface area contributed by atoms with E-state index in [-0.39, 0.29) is 15.1 Å².